The standard InChI is InChI=1S/C10H19N3O2/c1-3-5-7(4-2)13-10(15)8(11)6-9(12)14/h4,7-8H,2-3,5-6,11H2,1H3,(H2,12,14)(H,13,15)/t7?,8-/m1/s1. The predicted octanol–water partition coefficient (Wildman–Crippen LogP) is -0.340. The number of hydrogen-bond donors (Lipinski definition) is 3. The van der Waals surface area contributed by atoms with Crippen molar-refractivity contribution in [3.05, 3.63) is 12.7 Å². The van der Waals surface area contributed by atoms with Crippen LogP contribution in [0.15, 0.2) is 12.7 Å². The van der Waals surface area contributed by atoms with Gasteiger partial charge in [0.15, 0.2) is 0 Å². The third kappa shape index (κ3) is 5.85. The summed E-state index contributed by atoms with van der Waals surface area (Å²) in [6.45, 7) is 5.61. The fraction of sp³-hybridized carbons (Fsp3) is 0.600. The SMILES string of the molecule is C=CC(CCC)NC(=O)[C@H](N)CC(N)=O. The minimum Gasteiger partial charge on any atom is -0.370 e. The molecule has 2 amide bonds. The molecule has 5 N–H and O–H groups in total. The van der Waals surface area contributed by atoms with Gasteiger partial charge >= 0.3 is 0 Å². The maximum absolute atomic E-state index is 11.4. The van der Waals surface area contributed by atoms with E-state index in [0.29, 0.717) is 0 Å². The van der Waals surface area contributed by atoms with Gasteiger partial charge < -0.3 is 16.8 Å². The van der Waals surface area contributed by atoms with Crippen molar-refractivity contribution >= 4 is 11.8 Å². The molecule has 0 bridgehead atoms. The van der Waals surface area contributed by atoms with Crippen LogP contribution >= 0.6 is 0 Å². The highest BCUT2D eigenvalue weighted by molar-refractivity contribution is 5.87. The molecule has 0 saturated heterocycles. The van der Waals surface area contributed by atoms with Crippen molar-refractivity contribution in [2.75, 3.05) is 0 Å². The van der Waals surface area contributed by atoms with Gasteiger partial charge in [0, 0.05) is 6.04 Å². The summed E-state index contributed by atoms with van der Waals surface area (Å²) in [7, 11) is 0. The first-order valence-corrected chi connectivity index (χ1v) is 4.98. The van der Waals surface area contributed by atoms with Crippen molar-refractivity contribution in [2.24, 2.45) is 11.5 Å². The highest BCUT2D eigenvalue weighted by Gasteiger charge is 2.17. The van der Waals surface area contributed by atoms with Crippen molar-refractivity contribution in [3.8, 4) is 0 Å². The molecule has 2 atom stereocenters. The van der Waals surface area contributed by atoms with E-state index in [2.05, 4.69) is 11.9 Å². The Morgan fingerprint density at radius 2 is 2.13 bits per heavy atom. The van der Waals surface area contributed by atoms with E-state index in [0.717, 1.165) is 12.8 Å². The van der Waals surface area contributed by atoms with Crippen LogP contribution in [0.3, 0.4) is 0 Å². The van der Waals surface area contributed by atoms with Crippen LogP contribution in [0.5, 0.6) is 0 Å². The lowest BCUT2D eigenvalue weighted by atomic mass is 10.1. The molecular weight excluding hydrogens is 194 g/mol. The first-order valence-electron chi connectivity index (χ1n) is 4.98. The Morgan fingerprint density at radius 3 is 2.53 bits per heavy atom. The van der Waals surface area contributed by atoms with Crippen LogP contribution in [0.4, 0.5) is 0 Å². The molecule has 5 nitrogen and oxygen atoms in total. The van der Waals surface area contributed by atoms with Gasteiger partial charge in [-0.2, -0.15) is 0 Å². The lowest BCUT2D eigenvalue weighted by Crippen LogP contribution is -2.46. The number of carbonyl (C=O) groups excluding carboxylic acids is 2. The maximum atomic E-state index is 11.4. The number of nitrogens with two attached hydrogens (primary N) is 2. The molecule has 1 unspecified atom stereocenters. The molecular formula is C10H19N3O2. The molecule has 86 valence electrons. The van der Waals surface area contributed by atoms with Crippen LogP contribution in [0, 0.1) is 0 Å². The predicted molar refractivity (Wildman–Crippen MR) is 58.8 cm³/mol. The summed E-state index contributed by atoms with van der Waals surface area (Å²) in [5.41, 5.74) is 10.4. The molecule has 0 saturated carbocycles. The van der Waals surface area contributed by atoms with Gasteiger partial charge in [-0.25, -0.2) is 0 Å². The van der Waals surface area contributed by atoms with E-state index in [1.165, 1.54) is 0 Å². The lowest BCUT2D eigenvalue weighted by Gasteiger charge is -2.16. The normalized spacial score (nSPS) is 14.0. The zero-order valence-corrected chi connectivity index (χ0v) is 9.03. The number of primary amides is 1. The van der Waals surface area contributed by atoms with E-state index in [1.807, 2.05) is 6.92 Å². The van der Waals surface area contributed by atoms with E-state index >= 15 is 0 Å². The second-order valence-electron chi connectivity index (χ2n) is 3.42. The van der Waals surface area contributed by atoms with Gasteiger partial charge in [0.25, 0.3) is 0 Å². The minimum atomic E-state index is -0.873. The summed E-state index contributed by atoms with van der Waals surface area (Å²) in [5, 5.41) is 2.68. The summed E-state index contributed by atoms with van der Waals surface area (Å²) in [6, 6.07) is -0.969. The molecule has 0 heterocycles. The van der Waals surface area contributed by atoms with Crippen LogP contribution in [0.25, 0.3) is 0 Å². The van der Waals surface area contributed by atoms with Crippen molar-refractivity contribution in [1.82, 2.24) is 5.32 Å². The minimum absolute atomic E-state index is 0.0959. The molecule has 0 rings (SSSR count). The molecule has 0 spiro atoms. The smallest absolute Gasteiger partial charge is 0.237 e. The highest BCUT2D eigenvalue weighted by atomic mass is 16.2. The molecule has 0 aliphatic carbocycles. The highest BCUT2D eigenvalue weighted by Crippen LogP contribution is 1.98. The summed E-state index contributed by atoms with van der Waals surface area (Å²) < 4.78 is 0. The molecule has 0 aromatic heterocycles. The van der Waals surface area contributed by atoms with Gasteiger partial charge in [0.1, 0.15) is 0 Å². The van der Waals surface area contributed by atoms with Crippen LogP contribution < -0.4 is 16.8 Å². The molecule has 15 heavy (non-hydrogen) atoms. The number of hydrogen-bond acceptors (Lipinski definition) is 3. The number of nitrogens with one attached hydrogen (secondary N) is 1. The zero-order valence-electron chi connectivity index (χ0n) is 9.03. The summed E-state index contributed by atoms with van der Waals surface area (Å²) >= 11 is 0. The first-order chi connectivity index (χ1) is 7.01. The Bertz CT molecular complexity index is 241. The van der Waals surface area contributed by atoms with Crippen LogP contribution in [-0.4, -0.2) is 23.9 Å². The van der Waals surface area contributed by atoms with Crippen molar-refractivity contribution in [2.45, 2.75) is 38.3 Å². The van der Waals surface area contributed by atoms with Crippen molar-refractivity contribution in [3.63, 3.8) is 0 Å². The zero-order chi connectivity index (χ0) is 11.8. The van der Waals surface area contributed by atoms with E-state index in [9.17, 15) is 9.59 Å². The second kappa shape index (κ2) is 7.00. The van der Waals surface area contributed by atoms with E-state index in [-0.39, 0.29) is 18.4 Å². The van der Waals surface area contributed by atoms with Crippen molar-refractivity contribution < 1.29 is 9.59 Å². The lowest BCUT2D eigenvalue weighted by molar-refractivity contribution is -0.126. The fourth-order valence-corrected chi connectivity index (χ4v) is 1.16. The van der Waals surface area contributed by atoms with Crippen LogP contribution in [0.1, 0.15) is 26.2 Å². The Labute approximate surface area is 89.9 Å². The Balaban J connectivity index is 4.09. The number of rotatable bonds is 7. The number of amides is 2. The monoisotopic (exact) mass is 213 g/mol. The molecule has 0 aromatic carbocycles. The van der Waals surface area contributed by atoms with Gasteiger partial charge in [-0.1, -0.05) is 19.4 Å². The quantitative estimate of drug-likeness (QED) is 0.504. The summed E-state index contributed by atoms with van der Waals surface area (Å²) in [4.78, 5) is 22.0. The topological polar surface area (TPSA) is 98.2 Å². The maximum Gasteiger partial charge on any atom is 0.237 e. The van der Waals surface area contributed by atoms with E-state index < -0.39 is 11.9 Å². The second-order valence-corrected chi connectivity index (χ2v) is 3.42. The van der Waals surface area contributed by atoms with Crippen LogP contribution in [0.2, 0.25) is 0 Å². The van der Waals surface area contributed by atoms with Gasteiger partial charge in [-0.05, 0) is 6.42 Å². The third-order valence-electron chi connectivity index (χ3n) is 1.97. The van der Waals surface area contributed by atoms with Gasteiger partial charge in [-0.15, -0.1) is 6.58 Å². The molecule has 0 aliphatic heterocycles. The van der Waals surface area contributed by atoms with E-state index in [4.69, 9.17) is 11.5 Å². The third-order valence-corrected chi connectivity index (χ3v) is 1.97. The Hall–Kier alpha value is -1.36. The average Bonchev–Trinajstić information content (AvgIpc) is 2.15. The average molecular weight is 213 g/mol. The summed E-state index contributed by atoms with van der Waals surface area (Å²) in [5.74, 6) is -0.949. The molecule has 0 aliphatic rings. The molecule has 0 aromatic rings. The number of carbonyl (C=O) groups is 2. The van der Waals surface area contributed by atoms with Crippen molar-refractivity contribution in [1.29, 1.82) is 0 Å². The first kappa shape index (κ1) is 13.6. The van der Waals surface area contributed by atoms with Gasteiger partial charge in [-0.3, -0.25) is 9.59 Å². The van der Waals surface area contributed by atoms with E-state index in [1.54, 1.807) is 6.08 Å². The molecule has 5 heteroatoms. The molecule has 0 fully saturated rings. The largest absolute Gasteiger partial charge is 0.370 e. The molecule has 0 radical (unpaired) electrons. The van der Waals surface area contributed by atoms with Gasteiger partial charge in [0.05, 0.1) is 12.5 Å². The Morgan fingerprint density at radius 1 is 1.53 bits per heavy atom. The van der Waals surface area contributed by atoms with Crippen LogP contribution in [-0.2, 0) is 9.59 Å². The van der Waals surface area contributed by atoms with Gasteiger partial charge in [0.2, 0.25) is 11.8 Å². The summed E-state index contributed by atoms with van der Waals surface area (Å²) in [6.07, 6.45) is 3.25. The fourth-order valence-electron chi connectivity index (χ4n) is 1.16. The Kier molecular flexibility index (Phi) is 6.37.